The Hall–Kier alpha value is -0.960. The summed E-state index contributed by atoms with van der Waals surface area (Å²) in [5.74, 6) is 0.228. The molecule has 0 amide bonds. The van der Waals surface area contributed by atoms with Gasteiger partial charge in [-0.15, -0.1) is 0 Å². The van der Waals surface area contributed by atoms with Crippen LogP contribution in [0.25, 0.3) is 0 Å². The van der Waals surface area contributed by atoms with Crippen LogP contribution in [0, 0.1) is 23.5 Å². The third kappa shape index (κ3) is 2.40. The Morgan fingerprint density at radius 3 is 2.69 bits per heavy atom. The monoisotopic (exact) mass is 225 g/mol. The highest BCUT2D eigenvalue weighted by molar-refractivity contribution is 5.19. The smallest absolute Gasteiger partial charge is 0.126 e. The first kappa shape index (κ1) is 11.5. The second kappa shape index (κ2) is 4.91. The van der Waals surface area contributed by atoms with Crippen LogP contribution in [0.2, 0.25) is 0 Å². The van der Waals surface area contributed by atoms with Crippen LogP contribution in [0.4, 0.5) is 8.78 Å². The molecule has 88 valence electrons. The summed E-state index contributed by atoms with van der Waals surface area (Å²) in [4.78, 5) is 0. The van der Waals surface area contributed by atoms with Gasteiger partial charge in [0.25, 0.3) is 0 Å². The minimum Gasteiger partial charge on any atom is -0.330 e. The van der Waals surface area contributed by atoms with Gasteiger partial charge in [-0.05, 0) is 61.4 Å². The van der Waals surface area contributed by atoms with Crippen molar-refractivity contribution in [3.05, 3.63) is 35.4 Å². The van der Waals surface area contributed by atoms with Crippen LogP contribution in [-0.2, 0) is 6.42 Å². The maximum Gasteiger partial charge on any atom is 0.126 e. The van der Waals surface area contributed by atoms with Gasteiger partial charge in [0.1, 0.15) is 11.6 Å². The number of hydrogen-bond donors (Lipinski definition) is 1. The third-order valence-corrected chi connectivity index (χ3v) is 3.61. The van der Waals surface area contributed by atoms with E-state index in [1.165, 1.54) is 12.1 Å². The Bertz CT molecular complexity index is 365. The summed E-state index contributed by atoms with van der Waals surface area (Å²) < 4.78 is 26.5. The molecule has 0 heterocycles. The Balaban J connectivity index is 2.11. The van der Waals surface area contributed by atoms with Crippen LogP contribution in [0.15, 0.2) is 18.2 Å². The molecule has 1 aromatic carbocycles. The number of benzene rings is 1. The highest BCUT2D eigenvalue weighted by Gasteiger charge is 2.26. The molecule has 2 unspecified atom stereocenters. The summed E-state index contributed by atoms with van der Waals surface area (Å²) >= 11 is 0. The average molecular weight is 225 g/mol. The fourth-order valence-corrected chi connectivity index (χ4v) is 2.67. The normalized spacial score (nSPS) is 24.9. The van der Waals surface area contributed by atoms with E-state index in [0.29, 0.717) is 30.4 Å². The van der Waals surface area contributed by atoms with Gasteiger partial charge in [0.05, 0.1) is 0 Å². The molecule has 2 atom stereocenters. The van der Waals surface area contributed by atoms with Gasteiger partial charge in [-0.2, -0.15) is 0 Å². The standard InChI is InChI=1S/C13H17F2N/c14-12-4-5-13(15)11(7-12)6-9-2-1-3-10(9)8-16/h4-5,7,9-10H,1-3,6,8,16H2. The highest BCUT2D eigenvalue weighted by atomic mass is 19.1. The molecule has 1 aliphatic carbocycles. The van der Waals surface area contributed by atoms with Crippen molar-refractivity contribution in [2.75, 3.05) is 6.54 Å². The van der Waals surface area contributed by atoms with Crippen LogP contribution in [0.1, 0.15) is 24.8 Å². The van der Waals surface area contributed by atoms with Gasteiger partial charge in [0, 0.05) is 0 Å². The van der Waals surface area contributed by atoms with E-state index in [1.807, 2.05) is 0 Å². The van der Waals surface area contributed by atoms with Crippen LogP contribution in [0.3, 0.4) is 0 Å². The molecule has 2 rings (SSSR count). The molecule has 1 aromatic rings. The fourth-order valence-electron chi connectivity index (χ4n) is 2.67. The number of nitrogens with two attached hydrogens (primary N) is 1. The van der Waals surface area contributed by atoms with Crippen molar-refractivity contribution in [3.63, 3.8) is 0 Å². The van der Waals surface area contributed by atoms with E-state index in [-0.39, 0.29) is 11.6 Å². The van der Waals surface area contributed by atoms with E-state index < -0.39 is 0 Å². The first-order valence-electron chi connectivity index (χ1n) is 5.84. The van der Waals surface area contributed by atoms with Crippen molar-refractivity contribution in [1.82, 2.24) is 0 Å². The van der Waals surface area contributed by atoms with Crippen LogP contribution < -0.4 is 5.73 Å². The summed E-state index contributed by atoms with van der Waals surface area (Å²) in [7, 11) is 0. The summed E-state index contributed by atoms with van der Waals surface area (Å²) in [5.41, 5.74) is 6.17. The molecule has 1 fully saturated rings. The largest absolute Gasteiger partial charge is 0.330 e. The molecule has 1 nitrogen and oxygen atoms in total. The van der Waals surface area contributed by atoms with Gasteiger partial charge in [0.15, 0.2) is 0 Å². The maximum absolute atomic E-state index is 13.5. The second-order valence-electron chi connectivity index (χ2n) is 4.63. The van der Waals surface area contributed by atoms with Crippen molar-refractivity contribution in [1.29, 1.82) is 0 Å². The summed E-state index contributed by atoms with van der Waals surface area (Å²) in [6, 6.07) is 3.67. The van der Waals surface area contributed by atoms with Crippen molar-refractivity contribution >= 4 is 0 Å². The molecule has 0 saturated heterocycles. The van der Waals surface area contributed by atoms with E-state index in [4.69, 9.17) is 5.73 Å². The molecule has 0 aromatic heterocycles. The molecule has 2 N–H and O–H groups in total. The lowest BCUT2D eigenvalue weighted by molar-refractivity contribution is 0.388. The van der Waals surface area contributed by atoms with Crippen LogP contribution in [-0.4, -0.2) is 6.54 Å². The van der Waals surface area contributed by atoms with Gasteiger partial charge in [0.2, 0.25) is 0 Å². The van der Waals surface area contributed by atoms with Crippen molar-refractivity contribution in [3.8, 4) is 0 Å². The molecule has 0 spiro atoms. The van der Waals surface area contributed by atoms with Crippen LogP contribution >= 0.6 is 0 Å². The molecule has 1 saturated carbocycles. The molecule has 1 aliphatic rings. The van der Waals surface area contributed by atoms with Gasteiger partial charge in [-0.1, -0.05) is 6.42 Å². The Morgan fingerprint density at radius 1 is 1.19 bits per heavy atom. The van der Waals surface area contributed by atoms with Crippen LogP contribution in [0.5, 0.6) is 0 Å². The van der Waals surface area contributed by atoms with Gasteiger partial charge < -0.3 is 5.73 Å². The highest BCUT2D eigenvalue weighted by Crippen LogP contribution is 2.34. The molecule has 0 bridgehead atoms. The molecule has 0 aliphatic heterocycles. The zero-order valence-electron chi connectivity index (χ0n) is 9.26. The third-order valence-electron chi connectivity index (χ3n) is 3.61. The minimum absolute atomic E-state index is 0.302. The van der Waals surface area contributed by atoms with Crippen molar-refractivity contribution in [2.24, 2.45) is 17.6 Å². The minimum atomic E-state index is -0.362. The Morgan fingerprint density at radius 2 is 1.94 bits per heavy atom. The van der Waals surface area contributed by atoms with Gasteiger partial charge in [-0.3, -0.25) is 0 Å². The maximum atomic E-state index is 13.5. The van der Waals surface area contributed by atoms with E-state index in [1.54, 1.807) is 0 Å². The molecule has 0 radical (unpaired) electrons. The Kier molecular flexibility index (Phi) is 3.54. The topological polar surface area (TPSA) is 26.0 Å². The number of hydrogen-bond acceptors (Lipinski definition) is 1. The van der Waals surface area contributed by atoms with E-state index in [2.05, 4.69) is 0 Å². The quantitative estimate of drug-likeness (QED) is 0.841. The molecule has 3 heteroatoms. The predicted octanol–water partition coefficient (Wildman–Crippen LogP) is 2.88. The lowest BCUT2D eigenvalue weighted by Gasteiger charge is -2.18. The number of rotatable bonds is 3. The average Bonchev–Trinajstić information content (AvgIpc) is 2.71. The predicted molar refractivity (Wildman–Crippen MR) is 59.9 cm³/mol. The Labute approximate surface area is 94.7 Å². The van der Waals surface area contributed by atoms with Crippen molar-refractivity contribution in [2.45, 2.75) is 25.7 Å². The van der Waals surface area contributed by atoms with E-state index in [0.717, 1.165) is 25.3 Å². The molecule has 16 heavy (non-hydrogen) atoms. The van der Waals surface area contributed by atoms with Gasteiger partial charge in [-0.25, -0.2) is 8.78 Å². The summed E-state index contributed by atoms with van der Waals surface area (Å²) in [6.45, 7) is 0.654. The zero-order chi connectivity index (χ0) is 11.5. The molecular formula is C13H17F2N. The zero-order valence-corrected chi connectivity index (χ0v) is 9.26. The summed E-state index contributed by atoms with van der Waals surface area (Å²) in [6.07, 6.45) is 3.98. The van der Waals surface area contributed by atoms with Crippen molar-refractivity contribution < 1.29 is 8.78 Å². The van der Waals surface area contributed by atoms with E-state index >= 15 is 0 Å². The number of halogens is 2. The first-order valence-corrected chi connectivity index (χ1v) is 5.84. The lowest BCUT2D eigenvalue weighted by Crippen LogP contribution is -2.20. The summed E-state index contributed by atoms with van der Waals surface area (Å²) in [5, 5.41) is 0. The first-order chi connectivity index (χ1) is 7.70. The second-order valence-corrected chi connectivity index (χ2v) is 4.63. The molecular weight excluding hydrogens is 208 g/mol. The SMILES string of the molecule is NCC1CCCC1Cc1cc(F)ccc1F. The van der Waals surface area contributed by atoms with Gasteiger partial charge >= 0.3 is 0 Å². The van der Waals surface area contributed by atoms with E-state index in [9.17, 15) is 8.78 Å². The lowest BCUT2D eigenvalue weighted by atomic mass is 9.89. The fraction of sp³-hybridized carbons (Fsp3) is 0.538.